The summed E-state index contributed by atoms with van der Waals surface area (Å²) in [6.07, 6.45) is 0.837. The lowest BCUT2D eigenvalue weighted by Gasteiger charge is -2.24. The fourth-order valence-electron chi connectivity index (χ4n) is 1.57. The molecular weight excluding hydrogens is 200 g/mol. The first-order valence-corrected chi connectivity index (χ1v) is 4.67. The van der Waals surface area contributed by atoms with Gasteiger partial charge >= 0.3 is 11.9 Å². The third kappa shape index (κ3) is 3.36. The van der Waals surface area contributed by atoms with Crippen molar-refractivity contribution in [1.29, 1.82) is 0 Å². The minimum Gasteiger partial charge on any atom is -0.466 e. The Balaban J connectivity index is 2.67. The molecule has 0 aromatic rings. The summed E-state index contributed by atoms with van der Waals surface area (Å²) in [6.45, 7) is 1.29. The normalized spacial score (nSPS) is 25.4. The third-order valence-electron chi connectivity index (χ3n) is 2.13. The van der Waals surface area contributed by atoms with Crippen molar-refractivity contribution in [2.45, 2.75) is 32.0 Å². The molecule has 15 heavy (non-hydrogen) atoms. The van der Waals surface area contributed by atoms with Crippen molar-refractivity contribution >= 4 is 11.9 Å². The molecule has 1 N–H and O–H groups in total. The molecule has 0 saturated carbocycles. The zero-order valence-corrected chi connectivity index (χ0v) is 8.73. The van der Waals surface area contributed by atoms with Crippen LogP contribution in [0, 0.1) is 0 Å². The maximum absolute atomic E-state index is 11.2. The van der Waals surface area contributed by atoms with Crippen molar-refractivity contribution < 1.29 is 24.2 Å². The molecule has 0 radical (unpaired) electrons. The van der Waals surface area contributed by atoms with Crippen molar-refractivity contribution in [3.8, 4) is 0 Å². The fourth-order valence-corrected chi connectivity index (χ4v) is 1.57. The number of rotatable bonds is 2. The molecule has 1 rings (SSSR count). The second-order valence-corrected chi connectivity index (χ2v) is 3.42. The predicted octanol–water partition coefficient (Wildman–Crippen LogP) is 0.172. The van der Waals surface area contributed by atoms with Crippen LogP contribution in [-0.4, -0.2) is 36.4 Å². The van der Waals surface area contributed by atoms with Crippen LogP contribution in [0.5, 0.6) is 0 Å². The number of aliphatic hydroxyl groups excluding tert-OH is 1. The minimum absolute atomic E-state index is 0.295. The monoisotopic (exact) mass is 214 g/mol. The van der Waals surface area contributed by atoms with Gasteiger partial charge in [0.25, 0.3) is 0 Å². The van der Waals surface area contributed by atoms with Crippen molar-refractivity contribution in [2.24, 2.45) is 0 Å². The first-order valence-electron chi connectivity index (χ1n) is 4.67. The molecule has 84 valence electrons. The van der Waals surface area contributed by atoms with E-state index in [0.29, 0.717) is 18.4 Å². The summed E-state index contributed by atoms with van der Waals surface area (Å²) in [5.74, 6) is -0.913. The second kappa shape index (κ2) is 4.93. The highest BCUT2D eigenvalue weighted by Gasteiger charge is 2.26. The number of hydrogen-bond donors (Lipinski definition) is 1. The number of esters is 2. The van der Waals surface area contributed by atoms with Gasteiger partial charge in [-0.2, -0.15) is 0 Å². The molecule has 1 aliphatic rings. The number of hydrogen-bond acceptors (Lipinski definition) is 5. The van der Waals surface area contributed by atoms with E-state index in [1.165, 1.54) is 20.1 Å². The second-order valence-electron chi connectivity index (χ2n) is 3.42. The van der Waals surface area contributed by atoms with E-state index in [1.807, 2.05) is 0 Å². The molecule has 0 fully saturated rings. The van der Waals surface area contributed by atoms with Gasteiger partial charge in [0, 0.05) is 25.3 Å². The third-order valence-corrected chi connectivity index (χ3v) is 2.13. The van der Waals surface area contributed by atoms with Crippen LogP contribution in [0.3, 0.4) is 0 Å². The summed E-state index contributed by atoms with van der Waals surface area (Å²) >= 11 is 0. The SMILES string of the molecule is COC(=O)C1=C[C@@H](O)C[C@@H](OC(C)=O)C1. The van der Waals surface area contributed by atoms with E-state index in [9.17, 15) is 14.7 Å². The molecule has 0 saturated heterocycles. The van der Waals surface area contributed by atoms with Gasteiger partial charge in [0.15, 0.2) is 0 Å². The van der Waals surface area contributed by atoms with E-state index in [1.54, 1.807) is 0 Å². The van der Waals surface area contributed by atoms with Gasteiger partial charge in [-0.05, 0) is 6.08 Å². The highest BCUT2D eigenvalue weighted by molar-refractivity contribution is 5.88. The Morgan fingerprint density at radius 3 is 2.73 bits per heavy atom. The van der Waals surface area contributed by atoms with Gasteiger partial charge < -0.3 is 14.6 Å². The first kappa shape index (κ1) is 11.7. The van der Waals surface area contributed by atoms with Crippen LogP contribution >= 0.6 is 0 Å². The molecule has 0 spiro atoms. The van der Waals surface area contributed by atoms with Crippen LogP contribution in [0.1, 0.15) is 19.8 Å². The highest BCUT2D eigenvalue weighted by atomic mass is 16.5. The molecule has 5 heteroatoms. The molecule has 2 atom stereocenters. The standard InChI is InChI=1S/C10H14O5/c1-6(11)15-9-4-7(10(13)14-2)3-8(12)5-9/h3,8-9,12H,4-5H2,1-2H3/t8-,9+/m1/s1. The van der Waals surface area contributed by atoms with Crippen LogP contribution < -0.4 is 0 Å². The number of carbonyl (C=O) groups is 2. The van der Waals surface area contributed by atoms with Gasteiger partial charge in [-0.1, -0.05) is 0 Å². The summed E-state index contributed by atoms with van der Waals surface area (Å²) in [6, 6.07) is 0. The lowest BCUT2D eigenvalue weighted by molar-refractivity contribution is -0.149. The topological polar surface area (TPSA) is 72.8 Å². The molecule has 0 amide bonds. The summed E-state index contributed by atoms with van der Waals surface area (Å²) in [4.78, 5) is 21.9. The predicted molar refractivity (Wildman–Crippen MR) is 50.9 cm³/mol. The number of methoxy groups -OCH3 is 1. The molecule has 0 aromatic carbocycles. The molecular formula is C10H14O5. The van der Waals surface area contributed by atoms with Crippen LogP contribution in [0.2, 0.25) is 0 Å². The highest BCUT2D eigenvalue weighted by Crippen LogP contribution is 2.22. The van der Waals surface area contributed by atoms with Crippen molar-refractivity contribution in [3.05, 3.63) is 11.6 Å². The van der Waals surface area contributed by atoms with E-state index in [0.717, 1.165) is 0 Å². The van der Waals surface area contributed by atoms with Crippen LogP contribution in [0.15, 0.2) is 11.6 Å². The largest absolute Gasteiger partial charge is 0.466 e. The summed E-state index contributed by atoms with van der Waals surface area (Å²) in [5, 5.41) is 9.43. The minimum atomic E-state index is -0.766. The van der Waals surface area contributed by atoms with E-state index in [-0.39, 0.29) is 0 Å². The lowest BCUT2D eigenvalue weighted by Crippen LogP contribution is -2.29. The Bertz CT molecular complexity index is 294. The Morgan fingerprint density at radius 2 is 2.20 bits per heavy atom. The smallest absolute Gasteiger partial charge is 0.333 e. The lowest BCUT2D eigenvalue weighted by atomic mass is 9.95. The summed E-state index contributed by atoms with van der Waals surface area (Å²) in [7, 11) is 1.27. The molecule has 0 heterocycles. The average molecular weight is 214 g/mol. The molecule has 0 unspecified atom stereocenters. The zero-order valence-electron chi connectivity index (χ0n) is 8.73. The average Bonchev–Trinajstić information content (AvgIpc) is 2.14. The van der Waals surface area contributed by atoms with E-state index >= 15 is 0 Å². The van der Waals surface area contributed by atoms with Gasteiger partial charge in [0.1, 0.15) is 6.10 Å². The number of carbonyl (C=O) groups excluding carboxylic acids is 2. The van der Waals surface area contributed by atoms with Crippen LogP contribution in [-0.2, 0) is 19.1 Å². The Labute approximate surface area is 87.7 Å². The summed E-state index contributed by atoms with van der Waals surface area (Å²) < 4.78 is 9.47. The Hall–Kier alpha value is -1.36. The summed E-state index contributed by atoms with van der Waals surface area (Å²) in [5.41, 5.74) is 0.350. The van der Waals surface area contributed by atoms with Gasteiger partial charge in [-0.25, -0.2) is 4.79 Å². The maximum atomic E-state index is 11.2. The molecule has 0 bridgehead atoms. The Morgan fingerprint density at radius 1 is 1.53 bits per heavy atom. The van der Waals surface area contributed by atoms with Crippen molar-refractivity contribution in [1.82, 2.24) is 0 Å². The molecule has 0 aliphatic heterocycles. The van der Waals surface area contributed by atoms with Gasteiger partial charge in [-0.3, -0.25) is 4.79 Å². The van der Waals surface area contributed by atoms with E-state index in [2.05, 4.69) is 4.74 Å². The van der Waals surface area contributed by atoms with Crippen molar-refractivity contribution in [2.75, 3.05) is 7.11 Å². The Kier molecular flexibility index (Phi) is 3.85. The van der Waals surface area contributed by atoms with E-state index < -0.39 is 24.1 Å². The molecule has 5 nitrogen and oxygen atoms in total. The van der Waals surface area contributed by atoms with Gasteiger partial charge in [0.05, 0.1) is 13.2 Å². The van der Waals surface area contributed by atoms with E-state index in [4.69, 9.17) is 4.74 Å². The number of ether oxygens (including phenoxy) is 2. The first-order chi connectivity index (χ1) is 7.02. The maximum Gasteiger partial charge on any atom is 0.333 e. The molecule has 1 aliphatic carbocycles. The zero-order chi connectivity index (χ0) is 11.4. The molecule has 0 aromatic heterocycles. The van der Waals surface area contributed by atoms with Crippen LogP contribution in [0.25, 0.3) is 0 Å². The van der Waals surface area contributed by atoms with Gasteiger partial charge in [0.2, 0.25) is 0 Å². The van der Waals surface area contributed by atoms with Gasteiger partial charge in [-0.15, -0.1) is 0 Å². The van der Waals surface area contributed by atoms with Crippen molar-refractivity contribution in [3.63, 3.8) is 0 Å². The number of aliphatic hydroxyl groups is 1. The fraction of sp³-hybridized carbons (Fsp3) is 0.600. The van der Waals surface area contributed by atoms with Crippen LogP contribution in [0.4, 0.5) is 0 Å². The quantitative estimate of drug-likeness (QED) is 0.663.